The van der Waals surface area contributed by atoms with Crippen LogP contribution in [-0.4, -0.2) is 40.3 Å². The molecule has 0 heterocycles. The second kappa shape index (κ2) is 17.7. The Morgan fingerprint density at radius 1 is 0.812 bits per heavy atom. The highest BCUT2D eigenvalue weighted by atomic mass is 16.6. The molecule has 1 rings (SSSR count). The van der Waals surface area contributed by atoms with E-state index in [1.807, 2.05) is 0 Å². The van der Waals surface area contributed by atoms with Gasteiger partial charge in [-0.2, -0.15) is 0 Å². The van der Waals surface area contributed by atoms with Gasteiger partial charge in [-0.25, -0.2) is 0 Å². The maximum Gasteiger partial charge on any atom is 0.261 e. The summed E-state index contributed by atoms with van der Waals surface area (Å²) in [6.07, 6.45) is 28.6. The molecule has 0 aromatic heterocycles. The van der Waals surface area contributed by atoms with E-state index in [2.05, 4.69) is 55.5 Å². The molecule has 0 radical (unpaired) electrons. The van der Waals surface area contributed by atoms with Crippen molar-refractivity contribution in [3.63, 3.8) is 0 Å². The minimum absolute atomic E-state index is 0.238. The fraction of sp³-hybridized carbons (Fsp3) is 0.630. The first kappa shape index (κ1) is 28.2. The second-order valence-electron chi connectivity index (χ2n) is 8.32. The maximum absolute atomic E-state index is 11.8. The number of aliphatic hydroxyl groups is 2. The zero-order chi connectivity index (χ0) is 23.5. The third-order valence-electron chi connectivity index (χ3n) is 5.30. The first-order valence-electron chi connectivity index (χ1n) is 12.2. The summed E-state index contributed by atoms with van der Waals surface area (Å²) in [5.74, 6) is -2.74. The predicted molar refractivity (Wildman–Crippen MR) is 129 cm³/mol. The average molecular weight is 447 g/mol. The molecule has 0 aromatic carbocycles. The molecule has 0 spiro atoms. The highest BCUT2D eigenvalue weighted by Crippen LogP contribution is 2.31. The van der Waals surface area contributed by atoms with Crippen LogP contribution in [0.5, 0.6) is 0 Å². The number of rotatable bonds is 20. The van der Waals surface area contributed by atoms with E-state index in [4.69, 9.17) is 14.9 Å². The number of unbranched alkanes of at least 4 members (excludes halogenated alkanes) is 5. The number of carbonyl (C=O) groups is 2. The van der Waals surface area contributed by atoms with Gasteiger partial charge in [-0.1, -0.05) is 68.4 Å². The lowest BCUT2D eigenvalue weighted by Crippen LogP contribution is -2.15. The van der Waals surface area contributed by atoms with Gasteiger partial charge in [0, 0.05) is 19.4 Å². The fourth-order valence-electron chi connectivity index (χ4n) is 3.18. The van der Waals surface area contributed by atoms with Crippen LogP contribution in [0.15, 0.2) is 48.6 Å². The van der Waals surface area contributed by atoms with Gasteiger partial charge in [-0.15, -0.1) is 0 Å². The predicted octanol–water partition coefficient (Wildman–Crippen LogP) is 5.52. The van der Waals surface area contributed by atoms with Gasteiger partial charge in [-0.05, 0) is 57.8 Å². The molecule has 5 nitrogen and oxygen atoms in total. The van der Waals surface area contributed by atoms with Crippen molar-refractivity contribution in [3.05, 3.63) is 48.6 Å². The maximum atomic E-state index is 11.8. The molecular formula is C27H42O5. The Morgan fingerprint density at radius 3 is 1.84 bits per heavy atom. The summed E-state index contributed by atoms with van der Waals surface area (Å²) < 4.78 is 5.08. The summed E-state index contributed by atoms with van der Waals surface area (Å²) in [5, 5.41) is 18.2. The van der Waals surface area contributed by atoms with Crippen LogP contribution < -0.4 is 0 Å². The quantitative estimate of drug-likeness (QED) is 0.146. The highest BCUT2D eigenvalue weighted by molar-refractivity contribution is 6.07. The molecule has 1 unspecified atom stereocenters. The van der Waals surface area contributed by atoms with Gasteiger partial charge < -0.3 is 14.9 Å². The molecule has 1 aliphatic carbocycles. The van der Waals surface area contributed by atoms with E-state index in [-0.39, 0.29) is 12.4 Å². The summed E-state index contributed by atoms with van der Waals surface area (Å²) >= 11 is 0. The van der Waals surface area contributed by atoms with Crippen molar-refractivity contribution in [1.82, 2.24) is 0 Å². The number of hydrogen-bond acceptors (Lipinski definition) is 5. The van der Waals surface area contributed by atoms with E-state index in [9.17, 15) is 9.59 Å². The summed E-state index contributed by atoms with van der Waals surface area (Å²) in [4.78, 5) is 22.8. The van der Waals surface area contributed by atoms with Crippen LogP contribution in [0.1, 0.15) is 90.4 Å². The molecule has 0 bridgehead atoms. The SMILES string of the molecule is CCCCCC=CCC=CCC=CCC=CCCCC(=O)CCCCOC1C(=O)C1(O)O. The molecule has 1 atom stereocenters. The van der Waals surface area contributed by atoms with Crippen LogP contribution in [0.4, 0.5) is 0 Å². The molecule has 1 fully saturated rings. The van der Waals surface area contributed by atoms with E-state index < -0.39 is 17.7 Å². The third kappa shape index (κ3) is 13.6. The molecule has 1 saturated carbocycles. The average Bonchev–Trinajstić information content (AvgIpc) is 3.25. The van der Waals surface area contributed by atoms with Crippen LogP contribution >= 0.6 is 0 Å². The largest absolute Gasteiger partial charge is 0.364 e. The van der Waals surface area contributed by atoms with Gasteiger partial charge in [0.1, 0.15) is 5.78 Å². The Hall–Kier alpha value is -1.82. The molecular weight excluding hydrogens is 404 g/mol. The van der Waals surface area contributed by atoms with Crippen molar-refractivity contribution >= 4 is 11.6 Å². The van der Waals surface area contributed by atoms with E-state index in [0.717, 1.165) is 32.1 Å². The first-order chi connectivity index (χ1) is 15.5. The number of ketones is 2. The number of ether oxygens (including phenoxy) is 1. The molecule has 0 amide bonds. The standard InChI is InChI=1S/C27H42O5/c1-2-3-4-5-6-7-8-9-10-11-12-13-14-15-16-17-18-21-24(28)22-19-20-23-32-26-25(29)27(26,30)31/h6-7,9-10,12-13,15-16,26,30-31H,2-5,8,11,14,17-23H2,1H3. The van der Waals surface area contributed by atoms with Gasteiger partial charge >= 0.3 is 0 Å². The minimum atomic E-state index is -2.29. The molecule has 2 N–H and O–H groups in total. The normalized spacial score (nSPS) is 18.1. The Bertz CT molecular complexity index is 642. The zero-order valence-electron chi connectivity index (χ0n) is 19.7. The minimum Gasteiger partial charge on any atom is -0.364 e. The molecule has 1 aliphatic rings. The Labute approximate surface area is 193 Å². The monoisotopic (exact) mass is 446 g/mol. The fourth-order valence-corrected chi connectivity index (χ4v) is 3.18. The molecule has 32 heavy (non-hydrogen) atoms. The topological polar surface area (TPSA) is 83.8 Å². The van der Waals surface area contributed by atoms with E-state index in [1.54, 1.807) is 0 Å². The van der Waals surface area contributed by atoms with Crippen LogP contribution in [-0.2, 0) is 14.3 Å². The smallest absolute Gasteiger partial charge is 0.261 e. The van der Waals surface area contributed by atoms with E-state index in [0.29, 0.717) is 25.7 Å². The lowest BCUT2D eigenvalue weighted by molar-refractivity contribution is -0.137. The van der Waals surface area contributed by atoms with Gasteiger partial charge in [0.2, 0.25) is 5.78 Å². The lowest BCUT2D eigenvalue weighted by atomic mass is 10.1. The van der Waals surface area contributed by atoms with Gasteiger partial charge in [0.05, 0.1) is 0 Å². The Kier molecular flexibility index (Phi) is 15.6. The molecule has 5 heteroatoms. The summed E-state index contributed by atoms with van der Waals surface area (Å²) in [6, 6.07) is 0. The van der Waals surface area contributed by atoms with Crippen molar-refractivity contribution in [1.29, 1.82) is 0 Å². The van der Waals surface area contributed by atoms with Crippen LogP contribution in [0.25, 0.3) is 0 Å². The van der Waals surface area contributed by atoms with Gasteiger partial charge in [-0.3, -0.25) is 9.59 Å². The van der Waals surface area contributed by atoms with Gasteiger partial charge in [0.25, 0.3) is 5.79 Å². The summed E-state index contributed by atoms with van der Waals surface area (Å²) in [6.45, 7) is 2.49. The van der Waals surface area contributed by atoms with E-state index in [1.165, 1.54) is 25.7 Å². The van der Waals surface area contributed by atoms with Crippen molar-refractivity contribution in [2.24, 2.45) is 0 Å². The van der Waals surface area contributed by atoms with Crippen LogP contribution in [0.3, 0.4) is 0 Å². The molecule has 0 aromatic rings. The Morgan fingerprint density at radius 2 is 1.31 bits per heavy atom. The first-order valence-corrected chi connectivity index (χ1v) is 12.2. The number of Topliss-reactive ketones (excluding diaryl/α,β-unsaturated/α-hetero) is 2. The lowest BCUT2D eigenvalue weighted by Gasteiger charge is -2.03. The molecule has 0 saturated heterocycles. The van der Waals surface area contributed by atoms with Crippen molar-refractivity contribution < 1.29 is 24.5 Å². The van der Waals surface area contributed by atoms with E-state index >= 15 is 0 Å². The highest BCUT2D eigenvalue weighted by Gasteiger charge is 2.65. The van der Waals surface area contributed by atoms with Crippen molar-refractivity contribution in [2.45, 2.75) is 102 Å². The number of allylic oxidation sites excluding steroid dienone is 8. The van der Waals surface area contributed by atoms with Crippen molar-refractivity contribution in [2.75, 3.05) is 6.61 Å². The van der Waals surface area contributed by atoms with Gasteiger partial charge in [0.15, 0.2) is 6.10 Å². The van der Waals surface area contributed by atoms with Crippen LogP contribution in [0, 0.1) is 0 Å². The molecule has 0 aliphatic heterocycles. The number of carbonyl (C=O) groups excluding carboxylic acids is 2. The third-order valence-corrected chi connectivity index (χ3v) is 5.30. The van der Waals surface area contributed by atoms with Crippen molar-refractivity contribution in [3.8, 4) is 0 Å². The molecule has 180 valence electrons. The second-order valence-corrected chi connectivity index (χ2v) is 8.32. The summed E-state index contributed by atoms with van der Waals surface area (Å²) in [7, 11) is 0. The van der Waals surface area contributed by atoms with Crippen LogP contribution in [0.2, 0.25) is 0 Å². The summed E-state index contributed by atoms with van der Waals surface area (Å²) in [5.41, 5.74) is 0. The number of hydrogen-bond donors (Lipinski definition) is 2. The zero-order valence-corrected chi connectivity index (χ0v) is 19.7. The Balaban J connectivity index is 1.88.